The summed E-state index contributed by atoms with van der Waals surface area (Å²) in [6.45, 7) is 2.78. The van der Waals surface area contributed by atoms with E-state index in [0.29, 0.717) is 38.8 Å². The molecule has 4 heterocycles. The summed E-state index contributed by atoms with van der Waals surface area (Å²) in [4.78, 5) is 61.8. The summed E-state index contributed by atoms with van der Waals surface area (Å²) in [6.07, 6.45) is 8.49. The smallest absolute Gasteiger partial charge is 0.313 e. The molecule has 0 unspecified atom stereocenters. The molecule has 0 aromatic heterocycles. The van der Waals surface area contributed by atoms with Gasteiger partial charge in [-0.1, -0.05) is 85.0 Å². The van der Waals surface area contributed by atoms with Crippen molar-refractivity contribution in [2.75, 3.05) is 26.7 Å². The number of hydrogen-bond acceptors (Lipinski definition) is 7. The maximum absolute atomic E-state index is 14.8. The van der Waals surface area contributed by atoms with Crippen LogP contribution in [0.5, 0.6) is 0 Å². The van der Waals surface area contributed by atoms with Crippen LogP contribution < -0.4 is 0 Å². The van der Waals surface area contributed by atoms with E-state index in [-0.39, 0.29) is 37.3 Å². The van der Waals surface area contributed by atoms with Crippen molar-refractivity contribution in [1.82, 2.24) is 14.7 Å². The molecule has 6 rings (SSSR count). The Labute approximate surface area is 282 Å². The fraction of sp³-hybridized carbons (Fsp3) is 0.474. The molecule has 4 aliphatic heterocycles. The highest BCUT2D eigenvalue weighted by Gasteiger charge is 2.73. The molecule has 2 fully saturated rings. The first-order chi connectivity index (χ1) is 23.3. The summed E-state index contributed by atoms with van der Waals surface area (Å²) < 4.78 is 12.9. The summed E-state index contributed by atoms with van der Waals surface area (Å²) in [7, 11) is 1.72. The lowest BCUT2D eigenvalue weighted by atomic mass is 9.74. The number of likely N-dealkylation sites (tertiary alicyclic amines) is 1. The molecule has 1 N–H and O–H groups in total. The van der Waals surface area contributed by atoms with Gasteiger partial charge in [0.05, 0.1) is 18.1 Å². The van der Waals surface area contributed by atoms with E-state index in [0.717, 1.165) is 11.1 Å². The number of aliphatic hydroxyl groups is 1. The number of hydrogen-bond donors (Lipinski definition) is 1. The first kappa shape index (κ1) is 33.6. The number of fused-ring (bicyclic) bond motifs is 2. The van der Waals surface area contributed by atoms with Crippen LogP contribution in [0.3, 0.4) is 0 Å². The lowest BCUT2D eigenvalue weighted by molar-refractivity contribution is -0.164. The van der Waals surface area contributed by atoms with Crippen LogP contribution in [0.2, 0.25) is 0 Å². The molecule has 254 valence electrons. The zero-order valence-electron chi connectivity index (χ0n) is 27.6. The summed E-state index contributed by atoms with van der Waals surface area (Å²) in [5.41, 5.74) is 0.342. The Balaban J connectivity index is 1.41. The van der Waals surface area contributed by atoms with E-state index in [1.807, 2.05) is 85.8 Å². The molecule has 2 aromatic carbocycles. The predicted molar refractivity (Wildman–Crippen MR) is 178 cm³/mol. The number of cyclic esters (lactones) is 1. The molecule has 2 aromatic rings. The average Bonchev–Trinajstić information content (AvgIpc) is 3.75. The molecule has 0 radical (unpaired) electrons. The minimum atomic E-state index is -1.33. The molecular formula is C38H45N3O7. The molecular weight excluding hydrogens is 610 g/mol. The highest BCUT2D eigenvalue weighted by atomic mass is 16.6. The van der Waals surface area contributed by atoms with Gasteiger partial charge in [0, 0.05) is 39.7 Å². The van der Waals surface area contributed by atoms with E-state index in [1.54, 1.807) is 27.8 Å². The maximum Gasteiger partial charge on any atom is 0.313 e. The number of allylic oxidation sites excluding steroid dienone is 1. The Kier molecular flexibility index (Phi) is 10.1. The van der Waals surface area contributed by atoms with Crippen LogP contribution in [0.4, 0.5) is 0 Å². The van der Waals surface area contributed by atoms with Crippen LogP contribution in [0, 0.1) is 11.8 Å². The van der Waals surface area contributed by atoms with Crippen LogP contribution in [0.25, 0.3) is 0 Å². The Morgan fingerprint density at radius 1 is 0.917 bits per heavy atom. The standard InChI is InChI=1S/C38H45N3O7/c1-26-33(28-17-9-4-10-18-28)47-37(46)31-29-20-21-38(48-29)32(31)35(44)41(23-13-6-14-24-42)34(38)36(45)40(25-27-15-7-3-8-16-27)22-12-5-11-19-30(43)39(26)2/h3-5,7-10,12,15-18,20-21,26,29,31-34,42H,6,11,13-14,19,22-25H2,1-2H3/b12-5-/t26-,29+,31-,32-,33+,34+,38-/m0/s1. The van der Waals surface area contributed by atoms with Crippen LogP contribution in [0.1, 0.15) is 56.3 Å². The van der Waals surface area contributed by atoms with E-state index >= 15 is 0 Å². The van der Waals surface area contributed by atoms with Gasteiger partial charge in [0.1, 0.15) is 23.7 Å². The summed E-state index contributed by atoms with van der Waals surface area (Å²) in [5, 5.41) is 9.37. The Hall–Kier alpha value is -4.28. The number of carbonyl (C=O) groups excluding carboxylic acids is 4. The highest BCUT2D eigenvalue weighted by molar-refractivity contribution is 5.99. The molecule has 10 nitrogen and oxygen atoms in total. The van der Waals surface area contributed by atoms with Crippen molar-refractivity contribution in [1.29, 1.82) is 0 Å². The number of likely N-dealkylation sites (N-methyl/N-ethyl adjacent to an activating group) is 1. The molecule has 4 aliphatic rings. The normalized spacial score (nSPS) is 31.4. The van der Waals surface area contributed by atoms with Gasteiger partial charge in [-0.05, 0) is 43.7 Å². The number of unbranched alkanes of at least 4 members (excludes halogenated alkanes) is 2. The second-order valence-electron chi connectivity index (χ2n) is 13.2. The molecule has 48 heavy (non-hydrogen) atoms. The number of nitrogens with zero attached hydrogens (tertiary/aromatic N) is 3. The van der Waals surface area contributed by atoms with Crippen molar-refractivity contribution in [3.8, 4) is 0 Å². The number of ether oxygens (including phenoxy) is 2. The number of amides is 3. The lowest BCUT2D eigenvalue weighted by Gasteiger charge is -2.36. The zero-order chi connectivity index (χ0) is 33.8. The van der Waals surface area contributed by atoms with Crippen LogP contribution >= 0.6 is 0 Å². The molecule has 5 bridgehead atoms. The monoisotopic (exact) mass is 655 g/mol. The van der Waals surface area contributed by atoms with Crippen LogP contribution in [-0.4, -0.2) is 94.0 Å². The third kappa shape index (κ3) is 6.31. The van der Waals surface area contributed by atoms with Gasteiger partial charge in [-0.25, -0.2) is 0 Å². The van der Waals surface area contributed by atoms with Gasteiger partial charge in [0.25, 0.3) is 0 Å². The van der Waals surface area contributed by atoms with Crippen molar-refractivity contribution in [2.45, 2.75) is 75.5 Å². The van der Waals surface area contributed by atoms with Gasteiger partial charge >= 0.3 is 5.97 Å². The first-order valence-corrected chi connectivity index (χ1v) is 17.0. The van der Waals surface area contributed by atoms with Gasteiger partial charge in [-0.3, -0.25) is 19.2 Å². The van der Waals surface area contributed by atoms with Crippen molar-refractivity contribution in [3.05, 3.63) is 96.1 Å². The number of aliphatic hydroxyl groups excluding tert-OH is 1. The number of esters is 1. The number of carbonyl (C=O) groups is 4. The van der Waals surface area contributed by atoms with Crippen molar-refractivity contribution >= 4 is 23.7 Å². The lowest BCUT2D eigenvalue weighted by Crippen LogP contribution is -2.55. The van der Waals surface area contributed by atoms with Gasteiger partial charge in [-0.15, -0.1) is 0 Å². The fourth-order valence-electron chi connectivity index (χ4n) is 7.66. The zero-order valence-corrected chi connectivity index (χ0v) is 27.6. The third-order valence-corrected chi connectivity index (χ3v) is 10.3. The van der Waals surface area contributed by atoms with Gasteiger partial charge < -0.3 is 29.3 Å². The van der Waals surface area contributed by atoms with E-state index in [9.17, 15) is 24.3 Å². The quantitative estimate of drug-likeness (QED) is 0.261. The molecule has 3 amide bonds. The Morgan fingerprint density at radius 3 is 2.38 bits per heavy atom. The minimum absolute atomic E-state index is 0.0449. The maximum atomic E-state index is 14.8. The average molecular weight is 656 g/mol. The highest BCUT2D eigenvalue weighted by Crippen LogP contribution is 2.56. The minimum Gasteiger partial charge on any atom is -0.455 e. The SMILES string of the molecule is C[C@H]1[C@H](c2ccccc2)OC(=O)[C@@H]2[C@H]3C(=O)N(CCCCCO)[C@H](C(=O)N(Cc4ccccc4)C/C=C\CCC(=O)N1C)[C@]31C=C[C@H]2O1. The van der Waals surface area contributed by atoms with E-state index in [4.69, 9.17) is 9.47 Å². The van der Waals surface area contributed by atoms with Crippen molar-refractivity contribution < 1.29 is 33.8 Å². The van der Waals surface area contributed by atoms with E-state index < -0.39 is 47.7 Å². The second kappa shape index (κ2) is 14.5. The Bertz CT molecular complexity index is 1550. The summed E-state index contributed by atoms with van der Waals surface area (Å²) in [5.74, 6) is -3.16. The summed E-state index contributed by atoms with van der Waals surface area (Å²) in [6, 6.07) is 17.5. The first-order valence-electron chi connectivity index (χ1n) is 17.0. The Morgan fingerprint density at radius 2 is 1.65 bits per heavy atom. The largest absolute Gasteiger partial charge is 0.455 e. The molecule has 10 heteroatoms. The van der Waals surface area contributed by atoms with Crippen molar-refractivity contribution in [3.63, 3.8) is 0 Å². The molecule has 1 spiro atoms. The second-order valence-corrected chi connectivity index (χ2v) is 13.2. The molecule has 7 atom stereocenters. The van der Waals surface area contributed by atoms with Gasteiger partial charge in [0.15, 0.2) is 0 Å². The van der Waals surface area contributed by atoms with Crippen LogP contribution in [-0.2, 0) is 35.2 Å². The van der Waals surface area contributed by atoms with E-state index in [1.165, 1.54) is 0 Å². The molecule has 0 aliphatic carbocycles. The third-order valence-electron chi connectivity index (χ3n) is 10.3. The fourth-order valence-corrected chi connectivity index (χ4v) is 7.66. The topological polar surface area (TPSA) is 117 Å². The van der Waals surface area contributed by atoms with Gasteiger partial charge in [-0.2, -0.15) is 0 Å². The predicted octanol–water partition coefficient (Wildman–Crippen LogP) is 3.81. The summed E-state index contributed by atoms with van der Waals surface area (Å²) >= 11 is 0. The van der Waals surface area contributed by atoms with Crippen molar-refractivity contribution in [2.24, 2.45) is 11.8 Å². The number of benzene rings is 2. The van der Waals surface area contributed by atoms with Gasteiger partial charge in [0.2, 0.25) is 17.7 Å². The number of rotatable bonds is 8. The molecule has 0 saturated carbocycles. The molecule has 2 saturated heterocycles. The van der Waals surface area contributed by atoms with Crippen LogP contribution in [0.15, 0.2) is 85.0 Å². The van der Waals surface area contributed by atoms with E-state index in [2.05, 4.69) is 0 Å².